The average Bonchev–Trinajstić information content (AvgIpc) is 2.44. The van der Waals surface area contributed by atoms with Gasteiger partial charge in [-0.3, -0.25) is 4.79 Å². The fourth-order valence-corrected chi connectivity index (χ4v) is 1.76. The van der Waals surface area contributed by atoms with Crippen molar-refractivity contribution in [2.24, 2.45) is 16.3 Å². The molecule has 1 rings (SSSR count). The molecule has 6 heteroatoms. The second-order valence-electron chi connectivity index (χ2n) is 4.49. The maximum atomic E-state index is 13.7. The zero-order chi connectivity index (χ0) is 14.6. The van der Waals surface area contributed by atoms with Gasteiger partial charge in [-0.05, 0) is 25.5 Å². The van der Waals surface area contributed by atoms with Crippen LogP contribution in [-0.2, 0) is 4.79 Å². The molecule has 0 saturated carbocycles. The number of nitrogens with two attached hydrogens (primary N) is 1. The summed E-state index contributed by atoms with van der Waals surface area (Å²) in [6.07, 6.45) is 0.334. The van der Waals surface area contributed by atoms with Gasteiger partial charge in [-0.15, -0.1) is 0 Å². The van der Waals surface area contributed by atoms with Gasteiger partial charge in [0.05, 0.1) is 5.69 Å². The summed E-state index contributed by atoms with van der Waals surface area (Å²) in [6, 6.07) is 5.94. The summed E-state index contributed by atoms with van der Waals surface area (Å²) in [5, 5.41) is 11.7. The molecule has 0 aliphatic heterocycles. The van der Waals surface area contributed by atoms with E-state index in [0.717, 1.165) is 0 Å². The van der Waals surface area contributed by atoms with Crippen LogP contribution >= 0.6 is 0 Å². The first-order chi connectivity index (χ1) is 8.88. The number of hydrogen-bond acceptors (Lipinski definition) is 3. The molecular weight excluding hydrogens is 249 g/mol. The van der Waals surface area contributed by atoms with Crippen molar-refractivity contribution in [3.05, 3.63) is 30.1 Å². The van der Waals surface area contributed by atoms with Gasteiger partial charge < -0.3 is 15.8 Å². The first-order valence-corrected chi connectivity index (χ1v) is 5.89. The number of nitrogens with zero attached hydrogens (tertiary/aromatic N) is 2. The Kier molecular flexibility index (Phi) is 4.47. The van der Waals surface area contributed by atoms with E-state index >= 15 is 0 Å². The third kappa shape index (κ3) is 2.67. The van der Waals surface area contributed by atoms with E-state index < -0.39 is 17.1 Å². The molecule has 1 atom stereocenters. The normalized spacial score (nSPS) is 14.8. The summed E-state index contributed by atoms with van der Waals surface area (Å²) in [4.78, 5) is 13.6. The molecule has 0 heterocycles. The summed E-state index contributed by atoms with van der Waals surface area (Å²) in [5.74, 6) is -1.13. The van der Waals surface area contributed by atoms with Crippen molar-refractivity contribution in [2.45, 2.75) is 20.3 Å². The van der Waals surface area contributed by atoms with Crippen molar-refractivity contribution in [2.75, 3.05) is 11.9 Å². The highest BCUT2D eigenvalue weighted by atomic mass is 19.1. The van der Waals surface area contributed by atoms with Gasteiger partial charge in [-0.25, -0.2) is 4.39 Å². The maximum absolute atomic E-state index is 13.7. The number of amidine groups is 1. The van der Waals surface area contributed by atoms with Gasteiger partial charge in [-0.2, -0.15) is 0 Å². The molecule has 0 aliphatic carbocycles. The van der Waals surface area contributed by atoms with Gasteiger partial charge in [0, 0.05) is 7.05 Å². The first kappa shape index (κ1) is 14.9. The van der Waals surface area contributed by atoms with Crippen LogP contribution in [0.25, 0.3) is 0 Å². The van der Waals surface area contributed by atoms with E-state index in [9.17, 15) is 9.18 Å². The Bertz CT molecular complexity index is 504. The number of anilines is 1. The molecule has 0 saturated heterocycles. The van der Waals surface area contributed by atoms with Crippen molar-refractivity contribution in [3.63, 3.8) is 0 Å². The van der Waals surface area contributed by atoms with Crippen LogP contribution in [0.2, 0.25) is 0 Å². The highest BCUT2D eigenvalue weighted by molar-refractivity contribution is 6.12. The van der Waals surface area contributed by atoms with Crippen LogP contribution in [0.15, 0.2) is 29.4 Å². The van der Waals surface area contributed by atoms with Gasteiger partial charge in [-0.1, -0.05) is 24.2 Å². The zero-order valence-corrected chi connectivity index (χ0v) is 11.2. The molecule has 5 nitrogen and oxygen atoms in total. The van der Waals surface area contributed by atoms with E-state index in [-0.39, 0.29) is 11.5 Å². The number of oxime groups is 1. The largest absolute Gasteiger partial charge is 0.409 e. The van der Waals surface area contributed by atoms with Gasteiger partial charge >= 0.3 is 0 Å². The predicted octanol–water partition coefficient (Wildman–Crippen LogP) is 1.95. The van der Waals surface area contributed by atoms with E-state index in [1.54, 1.807) is 26.0 Å². The summed E-state index contributed by atoms with van der Waals surface area (Å²) in [7, 11) is 1.46. The standard InChI is InChI=1S/C13H18FN3O2/c1-4-13(2,11(15)16-19)12(18)17(3)10-8-6-5-7-9(10)14/h5-8,19H,4H2,1-3H3,(H2,15,16). The second-order valence-corrected chi connectivity index (χ2v) is 4.49. The summed E-state index contributed by atoms with van der Waals surface area (Å²) < 4.78 is 13.7. The zero-order valence-electron chi connectivity index (χ0n) is 11.2. The molecule has 0 bridgehead atoms. The number of amides is 1. The van der Waals surface area contributed by atoms with E-state index in [0.29, 0.717) is 6.42 Å². The lowest BCUT2D eigenvalue weighted by Gasteiger charge is -2.30. The van der Waals surface area contributed by atoms with Gasteiger partial charge in [0.15, 0.2) is 5.84 Å². The lowest BCUT2D eigenvalue weighted by Crippen LogP contribution is -2.48. The van der Waals surface area contributed by atoms with E-state index in [1.165, 1.54) is 24.1 Å². The summed E-state index contributed by atoms with van der Waals surface area (Å²) in [6.45, 7) is 3.30. The quantitative estimate of drug-likeness (QED) is 0.379. The molecule has 0 radical (unpaired) electrons. The average molecular weight is 267 g/mol. The minimum absolute atomic E-state index is 0.151. The van der Waals surface area contributed by atoms with Gasteiger partial charge in [0.25, 0.3) is 0 Å². The molecule has 1 aromatic carbocycles. The minimum Gasteiger partial charge on any atom is -0.409 e. The highest BCUT2D eigenvalue weighted by Crippen LogP contribution is 2.28. The van der Waals surface area contributed by atoms with Gasteiger partial charge in [0.1, 0.15) is 11.2 Å². The molecule has 1 unspecified atom stereocenters. The molecule has 1 amide bonds. The lowest BCUT2D eigenvalue weighted by molar-refractivity contribution is -0.124. The van der Waals surface area contributed by atoms with Crippen LogP contribution in [-0.4, -0.2) is 24.0 Å². The topological polar surface area (TPSA) is 78.9 Å². The molecule has 3 N–H and O–H groups in total. The number of carbonyl (C=O) groups is 1. The number of para-hydroxylation sites is 1. The molecule has 0 aliphatic rings. The third-order valence-corrected chi connectivity index (χ3v) is 3.37. The Labute approximate surface area is 111 Å². The molecule has 0 aromatic heterocycles. The van der Waals surface area contributed by atoms with Crippen LogP contribution in [0.3, 0.4) is 0 Å². The van der Waals surface area contributed by atoms with Crippen molar-refractivity contribution >= 4 is 17.4 Å². The van der Waals surface area contributed by atoms with E-state index in [1.807, 2.05) is 0 Å². The van der Waals surface area contributed by atoms with Crippen LogP contribution in [0.1, 0.15) is 20.3 Å². The molecule has 1 aromatic rings. The van der Waals surface area contributed by atoms with Gasteiger partial charge in [0.2, 0.25) is 5.91 Å². The van der Waals surface area contributed by atoms with Crippen molar-refractivity contribution in [1.29, 1.82) is 0 Å². The van der Waals surface area contributed by atoms with Crippen LogP contribution < -0.4 is 10.6 Å². The fraction of sp³-hybridized carbons (Fsp3) is 0.385. The molecule has 19 heavy (non-hydrogen) atoms. The van der Waals surface area contributed by atoms with Crippen molar-refractivity contribution in [1.82, 2.24) is 0 Å². The smallest absolute Gasteiger partial charge is 0.240 e. The molecule has 0 fully saturated rings. The second kappa shape index (κ2) is 5.69. The SMILES string of the molecule is CCC(C)(C(=O)N(C)c1ccccc1F)/C(N)=N/O. The Morgan fingerprint density at radius 2 is 2.11 bits per heavy atom. The summed E-state index contributed by atoms with van der Waals surface area (Å²) >= 11 is 0. The summed E-state index contributed by atoms with van der Waals surface area (Å²) in [5.41, 5.74) is 4.55. The van der Waals surface area contributed by atoms with Crippen LogP contribution in [0.4, 0.5) is 10.1 Å². The highest BCUT2D eigenvalue weighted by Gasteiger charge is 2.39. The van der Waals surface area contributed by atoms with Crippen molar-refractivity contribution < 1.29 is 14.4 Å². The van der Waals surface area contributed by atoms with Crippen LogP contribution in [0.5, 0.6) is 0 Å². The lowest BCUT2D eigenvalue weighted by atomic mass is 9.84. The Morgan fingerprint density at radius 1 is 1.53 bits per heavy atom. The fourth-order valence-electron chi connectivity index (χ4n) is 1.76. The number of benzene rings is 1. The number of hydrogen-bond donors (Lipinski definition) is 2. The molecule has 0 spiro atoms. The van der Waals surface area contributed by atoms with E-state index in [2.05, 4.69) is 5.16 Å². The molecular formula is C13H18FN3O2. The minimum atomic E-state index is -1.17. The monoisotopic (exact) mass is 267 g/mol. The Morgan fingerprint density at radius 3 is 2.58 bits per heavy atom. The third-order valence-electron chi connectivity index (χ3n) is 3.37. The number of halogens is 1. The van der Waals surface area contributed by atoms with Crippen LogP contribution in [0, 0.1) is 11.2 Å². The van der Waals surface area contributed by atoms with Crippen molar-refractivity contribution in [3.8, 4) is 0 Å². The van der Waals surface area contributed by atoms with E-state index in [4.69, 9.17) is 10.9 Å². The number of rotatable bonds is 4. The Balaban J connectivity index is 3.16. The number of carbonyl (C=O) groups excluding carboxylic acids is 1. The predicted molar refractivity (Wildman–Crippen MR) is 71.6 cm³/mol. The molecule has 104 valence electrons. The maximum Gasteiger partial charge on any atom is 0.240 e. The first-order valence-electron chi connectivity index (χ1n) is 5.89. The Hall–Kier alpha value is -2.11.